The lowest BCUT2D eigenvalue weighted by atomic mass is 9.84. The fraction of sp³-hybridized carbons (Fsp3) is 0.667. The van der Waals surface area contributed by atoms with Crippen molar-refractivity contribution in [2.45, 2.75) is 33.1 Å². The molecule has 0 atom stereocenters. The molecule has 1 nitrogen and oxygen atoms in total. The minimum atomic E-state index is 0.416. The van der Waals surface area contributed by atoms with Gasteiger partial charge in [-0.15, -0.1) is 11.3 Å². The molecule has 0 aromatic carbocycles. The summed E-state index contributed by atoms with van der Waals surface area (Å²) < 4.78 is 0.901. The molecule has 0 unspecified atom stereocenters. The van der Waals surface area contributed by atoms with Crippen molar-refractivity contribution < 1.29 is 0 Å². The van der Waals surface area contributed by atoms with Crippen molar-refractivity contribution in [1.82, 2.24) is 5.32 Å². The Morgan fingerprint density at radius 1 is 1.33 bits per heavy atom. The van der Waals surface area contributed by atoms with Crippen LogP contribution in [-0.2, 0) is 6.42 Å². The third-order valence-electron chi connectivity index (χ3n) is 2.73. The lowest BCUT2D eigenvalue weighted by molar-refractivity contribution is 0.306. The summed E-state index contributed by atoms with van der Waals surface area (Å²) in [6, 6.07) is 4.13. The standard InChI is InChI=1S/C12H20ClNS/c1-12(2,8-9-14-3)7-6-10-4-5-11(13)15-10/h4-5,14H,6-9H2,1-3H3. The SMILES string of the molecule is CNCCC(C)(C)CCc1ccc(Cl)s1. The van der Waals surface area contributed by atoms with E-state index in [2.05, 4.69) is 25.2 Å². The van der Waals surface area contributed by atoms with Gasteiger partial charge in [0.25, 0.3) is 0 Å². The second-order valence-electron chi connectivity index (χ2n) is 4.72. The molecule has 0 saturated carbocycles. The minimum absolute atomic E-state index is 0.416. The second-order valence-corrected chi connectivity index (χ2v) is 6.52. The molecule has 1 N–H and O–H groups in total. The van der Waals surface area contributed by atoms with Crippen LogP contribution in [0.2, 0.25) is 4.34 Å². The zero-order chi connectivity index (χ0) is 11.3. The van der Waals surface area contributed by atoms with E-state index in [0.717, 1.165) is 17.3 Å². The maximum absolute atomic E-state index is 5.90. The van der Waals surface area contributed by atoms with Gasteiger partial charge in [0.1, 0.15) is 0 Å². The Balaban J connectivity index is 2.35. The summed E-state index contributed by atoms with van der Waals surface area (Å²) in [6.45, 7) is 5.76. The van der Waals surface area contributed by atoms with Gasteiger partial charge >= 0.3 is 0 Å². The zero-order valence-electron chi connectivity index (χ0n) is 9.77. The van der Waals surface area contributed by atoms with Gasteiger partial charge in [-0.05, 0) is 50.4 Å². The fourth-order valence-electron chi connectivity index (χ4n) is 1.54. The maximum atomic E-state index is 5.90. The molecule has 1 heterocycles. The van der Waals surface area contributed by atoms with Gasteiger partial charge < -0.3 is 5.32 Å². The van der Waals surface area contributed by atoms with Gasteiger partial charge in [-0.2, -0.15) is 0 Å². The van der Waals surface area contributed by atoms with Gasteiger partial charge in [-0.3, -0.25) is 0 Å². The van der Waals surface area contributed by atoms with Crippen LogP contribution < -0.4 is 5.32 Å². The van der Waals surface area contributed by atoms with Crippen LogP contribution in [0.15, 0.2) is 12.1 Å². The second kappa shape index (κ2) is 5.88. The molecule has 0 radical (unpaired) electrons. The molecule has 0 bridgehead atoms. The van der Waals surface area contributed by atoms with Gasteiger partial charge in [0.05, 0.1) is 4.34 Å². The smallest absolute Gasteiger partial charge is 0.0931 e. The highest BCUT2D eigenvalue weighted by Gasteiger charge is 2.17. The van der Waals surface area contributed by atoms with Crippen LogP contribution in [0.3, 0.4) is 0 Å². The molecule has 0 saturated heterocycles. The van der Waals surface area contributed by atoms with Crippen LogP contribution >= 0.6 is 22.9 Å². The van der Waals surface area contributed by atoms with Crippen LogP contribution in [0.4, 0.5) is 0 Å². The molecule has 3 heteroatoms. The van der Waals surface area contributed by atoms with E-state index in [1.165, 1.54) is 17.7 Å². The summed E-state index contributed by atoms with van der Waals surface area (Å²) in [5, 5.41) is 3.21. The Labute approximate surface area is 102 Å². The molecule has 0 aliphatic heterocycles. The highest BCUT2D eigenvalue weighted by molar-refractivity contribution is 7.16. The zero-order valence-corrected chi connectivity index (χ0v) is 11.3. The molecule has 0 spiro atoms. The monoisotopic (exact) mass is 245 g/mol. The van der Waals surface area contributed by atoms with E-state index in [1.54, 1.807) is 11.3 Å². The topological polar surface area (TPSA) is 12.0 Å². The third-order valence-corrected chi connectivity index (χ3v) is 4.02. The maximum Gasteiger partial charge on any atom is 0.0931 e. The fourth-order valence-corrected chi connectivity index (χ4v) is 2.62. The number of thiophene rings is 1. The average Bonchev–Trinajstić information content (AvgIpc) is 2.59. The number of halogens is 1. The van der Waals surface area contributed by atoms with Gasteiger partial charge in [-0.25, -0.2) is 0 Å². The van der Waals surface area contributed by atoms with E-state index >= 15 is 0 Å². The minimum Gasteiger partial charge on any atom is -0.320 e. The Morgan fingerprint density at radius 3 is 2.60 bits per heavy atom. The highest BCUT2D eigenvalue weighted by Crippen LogP contribution is 2.29. The van der Waals surface area contributed by atoms with Gasteiger partial charge in [0, 0.05) is 4.88 Å². The normalized spacial score (nSPS) is 12.0. The summed E-state index contributed by atoms with van der Waals surface area (Å²) in [5.74, 6) is 0. The molecule has 1 aromatic rings. The summed E-state index contributed by atoms with van der Waals surface area (Å²) in [6.07, 6.45) is 3.60. The number of nitrogens with one attached hydrogen (secondary N) is 1. The molecule has 0 aliphatic rings. The molecule has 0 aliphatic carbocycles. The van der Waals surface area contributed by atoms with Crippen molar-refractivity contribution >= 4 is 22.9 Å². The molecule has 86 valence electrons. The summed E-state index contributed by atoms with van der Waals surface area (Å²) in [5.41, 5.74) is 0.416. The predicted molar refractivity (Wildman–Crippen MR) is 70.0 cm³/mol. The molecular formula is C12H20ClNS. The predicted octanol–water partition coefficient (Wildman–Crippen LogP) is 3.97. The van der Waals surface area contributed by atoms with Crippen LogP contribution in [0.5, 0.6) is 0 Å². The van der Waals surface area contributed by atoms with E-state index in [1.807, 2.05) is 13.1 Å². The molecule has 15 heavy (non-hydrogen) atoms. The molecule has 1 aromatic heterocycles. The van der Waals surface area contributed by atoms with Crippen molar-refractivity contribution in [3.05, 3.63) is 21.3 Å². The van der Waals surface area contributed by atoms with Crippen LogP contribution in [0, 0.1) is 5.41 Å². The van der Waals surface area contributed by atoms with Crippen molar-refractivity contribution in [2.75, 3.05) is 13.6 Å². The number of hydrogen-bond donors (Lipinski definition) is 1. The van der Waals surface area contributed by atoms with E-state index in [9.17, 15) is 0 Å². The number of hydrogen-bond acceptors (Lipinski definition) is 2. The van der Waals surface area contributed by atoms with E-state index in [4.69, 9.17) is 11.6 Å². The summed E-state index contributed by atoms with van der Waals surface area (Å²) in [4.78, 5) is 1.40. The number of aryl methyl sites for hydroxylation is 1. The highest BCUT2D eigenvalue weighted by atomic mass is 35.5. The first-order chi connectivity index (χ1) is 7.03. The first kappa shape index (κ1) is 13.0. The Morgan fingerprint density at radius 2 is 2.07 bits per heavy atom. The van der Waals surface area contributed by atoms with Crippen LogP contribution in [-0.4, -0.2) is 13.6 Å². The Bertz CT molecular complexity index is 294. The van der Waals surface area contributed by atoms with Gasteiger partial charge in [0.15, 0.2) is 0 Å². The van der Waals surface area contributed by atoms with Crippen LogP contribution in [0.1, 0.15) is 31.6 Å². The van der Waals surface area contributed by atoms with Crippen molar-refractivity contribution in [1.29, 1.82) is 0 Å². The molecular weight excluding hydrogens is 226 g/mol. The lowest BCUT2D eigenvalue weighted by Gasteiger charge is -2.24. The summed E-state index contributed by atoms with van der Waals surface area (Å²) >= 11 is 7.60. The lowest BCUT2D eigenvalue weighted by Crippen LogP contribution is -2.20. The first-order valence-corrected chi connectivity index (χ1v) is 6.62. The van der Waals surface area contributed by atoms with Crippen molar-refractivity contribution in [3.8, 4) is 0 Å². The quantitative estimate of drug-likeness (QED) is 0.800. The molecule has 1 rings (SSSR count). The molecule has 0 amide bonds. The third kappa shape index (κ3) is 5.01. The summed E-state index contributed by atoms with van der Waals surface area (Å²) in [7, 11) is 2.01. The van der Waals surface area contributed by atoms with E-state index in [-0.39, 0.29) is 0 Å². The van der Waals surface area contributed by atoms with Crippen molar-refractivity contribution in [2.24, 2.45) is 5.41 Å². The largest absolute Gasteiger partial charge is 0.320 e. The first-order valence-electron chi connectivity index (χ1n) is 5.42. The average molecular weight is 246 g/mol. The van der Waals surface area contributed by atoms with Crippen molar-refractivity contribution in [3.63, 3.8) is 0 Å². The van der Waals surface area contributed by atoms with Gasteiger partial charge in [-0.1, -0.05) is 25.4 Å². The Hall–Kier alpha value is -0.0500. The van der Waals surface area contributed by atoms with E-state index in [0.29, 0.717) is 5.41 Å². The van der Waals surface area contributed by atoms with Gasteiger partial charge in [0.2, 0.25) is 0 Å². The van der Waals surface area contributed by atoms with E-state index < -0.39 is 0 Å². The Kier molecular flexibility index (Phi) is 5.10. The number of rotatable bonds is 6. The molecule has 0 fully saturated rings. The van der Waals surface area contributed by atoms with Crippen LogP contribution in [0.25, 0.3) is 0 Å².